The number of benzene rings is 2. The summed E-state index contributed by atoms with van der Waals surface area (Å²) in [6.45, 7) is 6.06. The standard InChI is InChI=1S/C17H17NO/c1-12(2)19-17-9-8-14(11-18)10-16(17)15-7-5-4-6-13(15)3/h4-10,12H,1-3H3. The van der Waals surface area contributed by atoms with E-state index < -0.39 is 0 Å². The third-order valence-corrected chi connectivity index (χ3v) is 2.91. The van der Waals surface area contributed by atoms with Gasteiger partial charge in [0.25, 0.3) is 0 Å². The van der Waals surface area contributed by atoms with Gasteiger partial charge >= 0.3 is 0 Å². The number of aryl methyl sites for hydroxylation is 1. The molecule has 2 heteroatoms. The molecule has 0 aromatic heterocycles. The van der Waals surface area contributed by atoms with E-state index in [0.29, 0.717) is 5.56 Å². The molecule has 0 radical (unpaired) electrons. The number of ether oxygens (including phenoxy) is 1. The maximum atomic E-state index is 9.06. The van der Waals surface area contributed by atoms with Gasteiger partial charge in [0, 0.05) is 5.56 Å². The van der Waals surface area contributed by atoms with Crippen LogP contribution in [0, 0.1) is 18.3 Å². The largest absolute Gasteiger partial charge is 0.490 e. The lowest BCUT2D eigenvalue weighted by molar-refractivity contribution is 0.243. The highest BCUT2D eigenvalue weighted by Crippen LogP contribution is 2.33. The predicted molar refractivity (Wildman–Crippen MR) is 77.1 cm³/mol. The van der Waals surface area contributed by atoms with Crippen molar-refractivity contribution in [2.45, 2.75) is 26.9 Å². The zero-order chi connectivity index (χ0) is 13.8. The monoisotopic (exact) mass is 251 g/mol. The average Bonchev–Trinajstić information content (AvgIpc) is 2.39. The lowest BCUT2D eigenvalue weighted by atomic mass is 9.98. The van der Waals surface area contributed by atoms with Gasteiger partial charge in [-0.15, -0.1) is 0 Å². The summed E-state index contributed by atoms with van der Waals surface area (Å²) in [5.74, 6) is 0.823. The molecular weight excluding hydrogens is 234 g/mol. The fourth-order valence-electron chi connectivity index (χ4n) is 2.04. The van der Waals surface area contributed by atoms with Crippen LogP contribution in [-0.4, -0.2) is 6.10 Å². The quantitative estimate of drug-likeness (QED) is 0.813. The molecule has 2 nitrogen and oxygen atoms in total. The molecule has 0 aliphatic carbocycles. The summed E-state index contributed by atoms with van der Waals surface area (Å²) in [7, 11) is 0. The van der Waals surface area contributed by atoms with Crippen LogP contribution >= 0.6 is 0 Å². The molecular formula is C17H17NO. The Morgan fingerprint density at radius 2 is 1.79 bits per heavy atom. The first-order valence-electron chi connectivity index (χ1n) is 6.38. The van der Waals surface area contributed by atoms with Gasteiger partial charge in [0.05, 0.1) is 17.7 Å². The van der Waals surface area contributed by atoms with Crippen LogP contribution in [0.1, 0.15) is 25.0 Å². The van der Waals surface area contributed by atoms with Crippen LogP contribution in [0.15, 0.2) is 42.5 Å². The van der Waals surface area contributed by atoms with Crippen molar-refractivity contribution in [3.8, 4) is 22.9 Å². The smallest absolute Gasteiger partial charge is 0.127 e. The third-order valence-electron chi connectivity index (χ3n) is 2.91. The van der Waals surface area contributed by atoms with Gasteiger partial charge in [-0.3, -0.25) is 0 Å². The van der Waals surface area contributed by atoms with E-state index in [1.165, 1.54) is 5.56 Å². The second-order valence-corrected chi connectivity index (χ2v) is 4.80. The van der Waals surface area contributed by atoms with Crippen molar-refractivity contribution < 1.29 is 4.74 Å². The Hall–Kier alpha value is -2.27. The van der Waals surface area contributed by atoms with E-state index >= 15 is 0 Å². The number of nitrogens with zero attached hydrogens (tertiary/aromatic N) is 1. The molecule has 0 aliphatic rings. The van der Waals surface area contributed by atoms with Gasteiger partial charge in [-0.1, -0.05) is 24.3 Å². The normalized spacial score (nSPS) is 10.3. The minimum atomic E-state index is 0.107. The van der Waals surface area contributed by atoms with Gasteiger partial charge in [0.2, 0.25) is 0 Å². The van der Waals surface area contributed by atoms with Gasteiger partial charge < -0.3 is 4.74 Å². The zero-order valence-electron chi connectivity index (χ0n) is 11.5. The van der Waals surface area contributed by atoms with E-state index in [0.717, 1.165) is 16.9 Å². The Labute approximate surface area is 114 Å². The van der Waals surface area contributed by atoms with Crippen molar-refractivity contribution in [1.29, 1.82) is 5.26 Å². The van der Waals surface area contributed by atoms with E-state index in [-0.39, 0.29) is 6.10 Å². The van der Waals surface area contributed by atoms with Crippen molar-refractivity contribution in [2.24, 2.45) is 0 Å². The van der Waals surface area contributed by atoms with E-state index in [9.17, 15) is 0 Å². The number of hydrogen-bond acceptors (Lipinski definition) is 2. The molecule has 2 aromatic rings. The molecule has 0 N–H and O–H groups in total. The first-order valence-corrected chi connectivity index (χ1v) is 6.38. The van der Waals surface area contributed by atoms with E-state index in [1.54, 1.807) is 6.07 Å². The molecule has 0 aliphatic heterocycles. The molecule has 96 valence electrons. The lowest BCUT2D eigenvalue weighted by Gasteiger charge is -2.16. The van der Waals surface area contributed by atoms with Crippen LogP contribution in [0.3, 0.4) is 0 Å². The fraction of sp³-hybridized carbons (Fsp3) is 0.235. The predicted octanol–water partition coefficient (Wildman–Crippen LogP) is 4.32. The van der Waals surface area contributed by atoms with Crippen LogP contribution in [0.2, 0.25) is 0 Å². The summed E-state index contributed by atoms with van der Waals surface area (Å²) in [5, 5.41) is 9.06. The van der Waals surface area contributed by atoms with E-state index in [2.05, 4.69) is 25.1 Å². The maximum absolute atomic E-state index is 9.06. The molecule has 2 rings (SSSR count). The number of rotatable bonds is 3. The second-order valence-electron chi connectivity index (χ2n) is 4.80. The maximum Gasteiger partial charge on any atom is 0.127 e. The van der Waals surface area contributed by atoms with Crippen molar-refractivity contribution in [1.82, 2.24) is 0 Å². The molecule has 0 saturated heterocycles. The van der Waals surface area contributed by atoms with Crippen LogP contribution in [-0.2, 0) is 0 Å². The summed E-state index contributed by atoms with van der Waals surface area (Å²) in [5.41, 5.74) is 3.90. The molecule has 0 atom stereocenters. The minimum Gasteiger partial charge on any atom is -0.490 e. The fourth-order valence-corrected chi connectivity index (χ4v) is 2.04. The van der Waals surface area contributed by atoms with Crippen molar-refractivity contribution >= 4 is 0 Å². The summed E-state index contributed by atoms with van der Waals surface area (Å²) in [6, 6.07) is 15.9. The summed E-state index contributed by atoms with van der Waals surface area (Å²) in [4.78, 5) is 0. The second kappa shape index (κ2) is 5.58. The lowest BCUT2D eigenvalue weighted by Crippen LogP contribution is -2.06. The van der Waals surface area contributed by atoms with Gasteiger partial charge in [-0.25, -0.2) is 0 Å². The molecule has 0 spiro atoms. The Morgan fingerprint density at radius 3 is 2.42 bits per heavy atom. The van der Waals surface area contributed by atoms with Crippen LogP contribution in [0.5, 0.6) is 5.75 Å². The Morgan fingerprint density at radius 1 is 1.05 bits per heavy atom. The topological polar surface area (TPSA) is 33.0 Å². The Bertz CT molecular complexity index is 623. The van der Waals surface area contributed by atoms with Crippen molar-refractivity contribution in [2.75, 3.05) is 0 Å². The highest BCUT2D eigenvalue weighted by Gasteiger charge is 2.11. The SMILES string of the molecule is Cc1ccccc1-c1cc(C#N)ccc1OC(C)C. The summed E-state index contributed by atoms with van der Waals surface area (Å²) >= 11 is 0. The van der Waals surface area contributed by atoms with Gasteiger partial charge in [0.1, 0.15) is 5.75 Å². The molecule has 0 saturated carbocycles. The van der Waals surface area contributed by atoms with Gasteiger partial charge in [-0.2, -0.15) is 5.26 Å². The van der Waals surface area contributed by atoms with Crippen molar-refractivity contribution in [3.05, 3.63) is 53.6 Å². The Kier molecular flexibility index (Phi) is 3.87. The Balaban J connectivity index is 2.59. The molecule has 0 heterocycles. The highest BCUT2D eigenvalue weighted by molar-refractivity contribution is 5.74. The van der Waals surface area contributed by atoms with Crippen molar-refractivity contribution in [3.63, 3.8) is 0 Å². The van der Waals surface area contributed by atoms with Crippen LogP contribution in [0.25, 0.3) is 11.1 Å². The third kappa shape index (κ3) is 2.95. The average molecular weight is 251 g/mol. The zero-order valence-corrected chi connectivity index (χ0v) is 11.5. The summed E-state index contributed by atoms with van der Waals surface area (Å²) < 4.78 is 5.84. The van der Waals surface area contributed by atoms with E-state index in [1.807, 2.05) is 38.1 Å². The molecule has 2 aromatic carbocycles. The van der Waals surface area contributed by atoms with Gasteiger partial charge in [-0.05, 0) is 50.1 Å². The minimum absolute atomic E-state index is 0.107. The first-order chi connectivity index (χ1) is 9.11. The van der Waals surface area contributed by atoms with Gasteiger partial charge in [0.15, 0.2) is 0 Å². The molecule has 0 amide bonds. The first kappa shape index (κ1) is 13.2. The molecule has 0 unspecified atom stereocenters. The molecule has 0 bridgehead atoms. The summed E-state index contributed by atoms with van der Waals surface area (Å²) in [6.07, 6.45) is 0.107. The van der Waals surface area contributed by atoms with Crippen LogP contribution in [0.4, 0.5) is 0 Å². The number of nitriles is 1. The molecule has 19 heavy (non-hydrogen) atoms. The molecule has 0 fully saturated rings. The number of hydrogen-bond donors (Lipinski definition) is 0. The van der Waals surface area contributed by atoms with Crippen LogP contribution < -0.4 is 4.74 Å². The highest BCUT2D eigenvalue weighted by atomic mass is 16.5. The van der Waals surface area contributed by atoms with E-state index in [4.69, 9.17) is 10.00 Å².